The predicted octanol–water partition coefficient (Wildman–Crippen LogP) is 1.39. The van der Waals surface area contributed by atoms with Gasteiger partial charge in [-0.1, -0.05) is 24.3 Å². The summed E-state index contributed by atoms with van der Waals surface area (Å²) in [5.41, 5.74) is 5.72. The second-order valence-corrected chi connectivity index (χ2v) is 2.88. The predicted molar refractivity (Wildman–Crippen MR) is 55.8 cm³/mol. The highest BCUT2D eigenvalue weighted by molar-refractivity contribution is 5.93. The van der Waals surface area contributed by atoms with Crippen LogP contribution in [-0.4, -0.2) is 11.4 Å². The summed E-state index contributed by atoms with van der Waals surface area (Å²) in [6.45, 7) is 0. The molecule has 0 spiro atoms. The van der Waals surface area contributed by atoms with Gasteiger partial charge in [-0.25, -0.2) is 4.98 Å². The molecule has 0 saturated carbocycles. The number of carbonyl (C=O) groups excluding carboxylic acids is 1. The van der Waals surface area contributed by atoms with Crippen molar-refractivity contribution < 1.29 is 4.79 Å². The fourth-order valence-corrected chi connectivity index (χ4v) is 1.36. The van der Waals surface area contributed by atoms with Gasteiger partial charge in [-0.3, -0.25) is 4.79 Å². The summed E-state index contributed by atoms with van der Waals surface area (Å²) in [5, 5.41) is 4.32. The maximum absolute atomic E-state index is 10.2. The zero-order valence-corrected chi connectivity index (χ0v) is 7.40. The Morgan fingerprint density at radius 2 is 2.14 bits per heavy atom. The molecule has 0 bridgehead atoms. The standard InChI is InChI=1S/C10H9N3O/c11-10-8-4-2-1-3-7(8)5-9(13-10)12-6-14/h1-6H,(H3,11,12,13,14). The maximum Gasteiger partial charge on any atom is 0.212 e. The summed E-state index contributed by atoms with van der Waals surface area (Å²) >= 11 is 0. The number of hydrogen-bond donors (Lipinski definition) is 2. The number of nitrogens with two attached hydrogens (primary N) is 1. The molecule has 1 amide bonds. The molecule has 4 nitrogen and oxygen atoms in total. The van der Waals surface area contributed by atoms with Crippen molar-refractivity contribution in [2.24, 2.45) is 0 Å². The van der Waals surface area contributed by atoms with Gasteiger partial charge in [0, 0.05) is 5.39 Å². The van der Waals surface area contributed by atoms with Crippen LogP contribution >= 0.6 is 0 Å². The van der Waals surface area contributed by atoms with Crippen molar-refractivity contribution in [1.82, 2.24) is 4.98 Å². The van der Waals surface area contributed by atoms with Crippen LogP contribution in [0, 0.1) is 0 Å². The molecule has 0 aliphatic carbocycles. The normalized spacial score (nSPS) is 10.0. The van der Waals surface area contributed by atoms with Gasteiger partial charge in [0.25, 0.3) is 0 Å². The van der Waals surface area contributed by atoms with Gasteiger partial charge in [0.2, 0.25) is 6.41 Å². The van der Waals surface area contributed by atoms with Crippen LogP contribution in [0.4, 0.5) is 11.6 Å². The van der Waals surface area contributed by atoms with Gasteiger partial charge in [-0.2, -0.15) is 0 Å². The molecule has 0 unspecified atom stereocenters. The molecule has 0 radical (unpaired) electrons. The number of carbonyl (C=O) groups is 1. The SMILES string of the molecule is Nc1nc(NC=O)cc2ccccc12. The second-order valence-electron chi connectivity index (χ2n) is 2.88. The van der Waals surface area contributed by atoms with E-state index in [0.717, 1.165) is 10.8 Å². The number of aromatic nitrogens is 1. The van der Waals surface area contributed by atoms with E-state index in [1.807, 2.05) is 24.3 Å². The average molecular weight is 187 g/mol. The van der Waals surface area contributed by atoms with Gasteiger partial charge in [-0.15, -0.1) is 0 Å². The lowest BCUT2D eigenvalue weighted by molar-refractivity contribution is -0.105. The average Bonchev–Trinajstić information content (AvgIpc) is 2.18. The number of nitrogens with one attached hydrogen (secondary N) is 1. The second kappa shape index (κ2) is 3.33. The molecule has 1 aromatic heterocycles. The van der Waals surface area contributed by atoms with E-state index in [1.54, 1.807) is 6.07 Å². The number of anilines is 2. The van der Waals surface area contributed by atoms with Crippen molar-refractivity contribution in [2.75, 3.05) is 11.1 Å². The number of amides is 1. The summed E-state index contributed by atoms with van der Waals surface area (Å²) in [4.78, 5) is 14.3. The number of nitrogens with zero attached hydrogens (tertiary/aromatic N) is 1. The molecule has 0 atom stereocenters. The van der Waals surface area contributed by atoms with Crippen molar-refractivity contribution in [1.29, 1.82) is 0 Å². The zero-order valence-electron chi connectivity index (χ0n) is 7.40. The summed E-state index contributed by atoms with van der Waals surface area (Å²) in [7, 11) is 0. The van der Waals surface area contributed by atoms with E-state index in [1.165, 1.54) is 0 Å². The molecule has 0 aliphatic rings. The molecule has 4 heteroatoms. The molecule has 2 aromatic rings. The van der Waals surface area contributed by atoms with Crippen LogP contribution in [0.3, 0.4) is 0 Å². The van der Waals surface area contributed by atoms with E-state index in [4.69, 9.17) is 5.73 Å². The summed E-state index contributed by atoms with van der Waals surface area (Å²) < 4.78 is 0. The quantitative estimate of drug-likeness (QED) is 0.698. The van der Waals surface area contributed by atoms with E-state index >= 15 is 0 Å². The molecule has 0 saturated heterocycles. The van der Waals surface area contributed by atoms with Crippen molar-refractivity contribution in [3.05, 3.63) is 30.3 Å². The Balaban J connectivity index is 2.65. The Morgan fingerprint density at radius 1 is 1.36 bits per heavy atom. The van der Waals surface area contributed by atoms with Crippen LogP contribution in [0.15, 0.2) is 30.3 Å². The third-order valence-electron chi connectivity index (χ3n) is 1.98. The smallest absolute Gasteiger partial charge is 0.212 e. The van der Waals surface area contributed by atoms with Gasteiger partial charge < -0.3 is 11.1 Å². The third-order valence-corrected chi connectivity index (χ3v) is 1.98. The van der Waals surface area contributed by atoms with Crippen LogP contribution in [0.1, 0.15) is 0 Å². The Labute approximate surface area is 80.7 Å². The molecular formula is C10H9N3O. The fraction of sp³-hybridized carbons (Fsp3) is 0. The van der Waals surface area contributed by atoms with Gasteiger partial charge >= 0.3 is 0 Å². The van der Waals surface area contributed by atoms with E-state index in [-0.39, 0.29) is 0 Å². The number of fused-ring (bicyclic) bond motifs is 1. The number of benzene rings is 1. The van der Waals surface area contributed by atoms with E-state index < -0.39 is 0 Å². The molecule has 70 valence electrons. The lowest BCUT2D eigenvalue weighted by atomic mass is 10.1. The fourth-order valence-electron chi connectivity index (χ4n) is 1.36. The minimum atomic E-state index is 0.424. The maximum atomic E-state index is 10.2. The van der Waals surface area contributed by atoms with Gasteiger partial charge in [0.05, 0.1) is 0 Å². The Morgan fingerprint density at radius 3 is 2.93 bits per heavy atom. The Hall–Kier alpha value is -2.10. The van der Waals surface area contributed by atoms with E-state index in [2.05, 4.69) is 10.3 Å². The number of hydrogen-bond acceptors (Lipinski definition) is 3. The largest absolute Gasteiger partial charge is 0.383 e. The van der Waals surface area contributed by atoms with Gasteiger partial charge in [0.15, 0.2) is 0 Å². The lowest BCUT2D eigenvalue weighted by Crippen LogP contribution is -2.00. The molecule has 0 aliphatic heterocycles. The summed E-state index contributed by atoms with van der Waals surface area (Å²) in [6, 6.07) is 9.39. The molecular weight excluding hydrogens is 178 g/mol. The minimum Gasteiger partial charge on any atom is -0.383 e. The number of pyridine rings is 1. The monoisotopic (exact) mass is 187 g/mol. The van der Waals surface area contributed by atoms with Gasteiger partial charge in [0.1, 0.15) is 11.6 Å². The number of nitrogen functional groups attached to an aromatic ring is 1. The highest BCUT2D eigenvalue weighted by Gasteiger charge is 2.01. The molecule has 0 fully saturated rings. The Kier molecular flexibility index (Phi) is 2.02. The first kappa shape index (κ1) is 8.50. The van der Waals surface area contributed by atoms with Crippen LogP contribution in [-0.2, 0) is 4.79 Å². The van der Waals surface area contributed by atoms with Gasteiger partial charge in [-0.05, 0) is 11.5 Å². The highest BCUT2D eigenvalue weighted by Crippen LogP contribution is 2.21. The van der Waals surface area contributed by atoms with Crippen molar-refractivity contribution in [2.45, 2.75) is 0 Å². The highest BCUT2D eigenvalue weighted by atomic mass is 16.1. The molecule has 1 aromatic carbocycles. The number of rotatable bonds is 2. The van der Waals surface area contributed by atoms with Crippen LogP contribution in [0.2, 0.25) is 0 Å². The van der Waals surface area contributed by atoms with Crippen molar-refractivity contribution >= 4 is 28.8 Å². The third kappa shape index (κ3) is 1.37. The van der Waals surface area contributed by atoms with E-state index in [0.29, 0.717) is 18.0 Å². The van der Waals surface area contributed by atoms with Crippen LogP contribution < -0.4 is 11.1 Å². The Bertz CT molecular complexity index is 482. The van der Waals surface area contributed by atoms with Crippen LogP contribution in [0.25, 0.3) is 10.8 Å². The van der Waals surface area contributed by atoms with Crippen molar-refractivity contribution in [3.63, 3.8) is 0 Å². The minimum absolute atomic E-state index is 0.424. The zero-order chi connectivity index (χ0) is 9.97. The van der Waals surface area contributed by atoms with E-state index in [9.17, 15) is 4.79 Å². The molecule has 14 heavy (non-hydrogen) atoms. The van der Waals surface area contributed by atoms with Crippen molar-refractivity contribution in [3.8, 4) is 0 Å². The summed E-state index contributed by atoms with van der Waals surface area (Å²) in [5.74, 6) is 0.892. The lowest BCUT2D eigenvalue weighted by Gasteiger charge is -2.03. The topological polar surface area (TPSA) is 68.0 Å². The molecule has 3 N–H and O–H groups in total. The molecule has 1 heterocycles. The first-order valence-electron chi connectivity index (χ1n) is 4.16. The first-order valence-corrected chi connectivity index (χ1v) is 4.16. The molecule has 2 rings (SSSR count). The summed E-state index contributed by atoms with van der Waals surface area (Å²) in [6.07, 6.45) is 0.580. The first-order chi connectivity index (χ1) is 6.81. The van der Waals surface area contributed by atoms with Crippen LogP contribution in [0.5, 0.6) is 0 Å².